The van der Waals surface area contributed by atoms with Crippen LogP contribution in [0, 0.1) is 5.92 Å². The second-order valence-electron chi connectivity index (χ2n) is 4.14. The molecule has 0 bridgehead atoms. The summed E-state index contributed by atoms with van der Waals surface area (Å²) < 4.78 is 10.4. The molecule has 0 spiro atoms. The summed E-state index contributed by atoms with van der Waals surface area (Å²) in [6.45, 7) is 0. The van der Waals surface area contributed by atoms with Crippen LogP contribution < -0.4 is 9.47 Å². The van der Waals surface area contributed by atoms with E-state index < -0.39 is 0 Å². The first-order chi connectivity index (χ1) is 9.24. The highest BCUT2D eigenvalue weighted by Crippen LogP contribution is 2.25. The van der Waals surface area contributed by atoms with E-state index in [1.54, 1.807) is 32.4 Å². The minimum Gasteiger partial charge on any atom is -0.497 e. The number of methoxy groups -OCH3 is 2. The zero-order chi connectivity index (χ0) is 13.7. The molecule has 1 aromatic carbocycles. The molecule has 1 aromatic rings. The molecular formula is C16H16O3. The van der Waals surface area contributed by atoms with E-state index >= 15 is 0 Å². The number of hydrogen-bond acceptors (Lipinski definition) is 3. The molecule has 19 heavy (non-hydrogen) atoms. The van der Waals surface area contributed by atoms with Gasteiger partial charge in [-0.25, -0.2) is 0 Å². The van der Waals surface area contributed by atoms with Crippen LogP contribution in [0.25, 0.3) is 6.08 Å². The fraction of sp³-hybridized carbons (Fsp3) is 0.188. The van der Waals surface area contributed by atoms with Gasteiger partial charge in [0.25, 0.3) is 0 Å². The van der Waals surface area contributed by atoms with Crippen molar-refractivity contribution in [3.63, 3.8) is 0 Å². The van der Waals surface area contributed by atoms with Crippen LogP contribution in [-0.4, -0.2) is 20.0 Å². The Balaban J connectivity index is 2.16. The van der Waals surface area contributed by atoms with Gasteiger partial charge in [-0.05, 0) is 24.3 Å². The first-order valence-corrected chi connectivity index (χ1v) is 6.03. The van der Waals surface area contributed by atoms with Crippen LogP contribution in [0.1, 0.15) is 5.56 Å². The predicted molar refractivity (Wildman–Crippen MR) is 75.4 cm³/mol. The van der Waals surface area contributed by atoms with E-state index in [1.165, 1.54) is 0 Å². The number of hydrogen-bond donors (Lipinski definition) is 0. The maximum Gasteiger partial charge on any atom is 0.166 e. The van der Waals surface area contributed by atoms with Gasteiger partial charge in [0.05, 0.1) is 20.1 Å². The number of benzene rings is 1. The summed E-state index contributed by atoms with van der Waals surface area (Å²) in [7, 11) is 3.20. The normalized spacial score (nSPS) is 14.2. The molecule has 0 fully saturated rings. The molecule has 0 aromatic heterocycles. The molecule has 0 saturated heterocycles. The maximum absolute atomic E-state index is 11.9. The number of rotatable bonds is 5. The summed E-state index contributed by atoms with van der Waals surface area (Å²) in [6.07, 6.45) is 10.8. The highest BCUT2D eigenvalue weighted by Gasteiger charge is 2.11. The van der Waals surface area contributed by atoms with E-state index in [0.717, 1.165) is 11.3 Å². The molecule has 3 nitrogen and oxygen atoms in total. The van der Waals surface area contributed by atoms with Crippen LogP contribution in [0.2, 0.25) is 0 Å². The zero-order valence-corrected chi connectivity index (χ0v) is 11.0. The van der Waals surface area contributed by atoms with Gasteiger partial charge in [-0.15, -0.1) is 0 Å². The minimum atomic E-state index is -0.138. The van der Waals surface area contributed by atoms with Crippen molar-refractivity contribution < 1.29 is 14.3 Å². The summed E-state index contributed by atoms with van der Waals surface area (Å²) in [4.78, 5) is 11.9. The van der Waals surface area contributed by atoms with Crippen molar-refractivity contribution in [2.24, 2.45) is 5.92 Å². The summed E-state index contributed by atoms with van der Waals surface area (Å²) in [5.74, 6) is 1.33. The van der Waals surface area contributed by atoms with Crippen LogP contribution in [0.3, 0.4) is 0 Å². The van der Waals surface area contributed by atoms with Crippen molar-refractivity contribution in [2.45, 2.75) is 0 Å². The van der Waals surface area contributed by atoms with Crippen molar-refractivity contribution in [1.29, 1.82) is 0 Å². The lowest BCUT2D eigenvalue weighted by molar-refractivity contribution is -0.115. The van der Waals surface area contributed by atoms with Crippen LogP contribution in [-0.2, 0) is 4.79 Å². The highest BCUT2D eigenvalue weighted by atomic mass is 16.5. The molecule has 0 radical (unpaired) electrons. The van der Waals surface area contributed by atoms with Gasteiger partial charge in [0.2, 0.25) is 0 Å². The zero-order valence-electron chi connectivity index (χ0n) is 11.0. The second-order valence-corrected chi connectivity index (χ2v) is 4.14. The Morgan fingerprint density at radius 2 is 1.89 bits per heavy atom. The van der Waals surface area contributed by atoms with Gasteiger partial charge >= 0.3 is 0 Å². The standard InChI is InChI=1S/C16H16O3/c1-18-14-9-7-13(16(11-14)19-2)8-10-15(17)12-5-3-4-6-12/h3-12H,1-2H3/b10-8+. The molecule has 1 aliphatic rings. The molecule has 0 saturated carbocycles. The van der Waals surface area contributed by atoms with Crippen molar-refractivity contribution in [3.8, 4) is 11.5 Å². The number of allylic oxidation sites excluding steroid dienone is 5. The molecule has 2 rings (SSSR count). The Morgan fingerprint density at radius 3 is 2.53 bits per heavy atom. The molecule has 98 valence electrons. The summed E-state index contributed by atoms with van der Waals surface area (Å²) >= 11 is 0. The first-order valence-electron chi connectivity index (χ1n) is 6.03. The monoisotopic (exact) mass is 256 g/mol. The molecule has 0 atom stereocenters. The van der Waals surface area contributed by atoms with E-state index in [1.807, 2.05) is 36.4 Å². The number of carbonyl (C=O) groups is 1. The van der Waals surface area contributed by atoms with Gasteiger partial charge < -0.3 is 9.47 Å². The predicted octanol–water partition coefficient (Wildman–Crippen LogP) is 3.03. The molecule has 0 N–H and O–H groups in total. The van der Waals surface area contributed by atoms with Gasteiger partial charge in [0, 0.05) is 11.6 Å². The molecule has 1 aliphatic carbocycles. The fourth-order valence-corrected chi connectivity index (χ4v) is 1.86. The quantitative estimate of drug-likeness (QED) is 0.760. The Morgan fingerprint density at radius 1 is 1.16 bits per heavy atom. The summed E-state index contributed by atoms with van der Waals surface area (Å²) in [5.41, 5.74) is 0.850. The van der Waals surface area contributed by atoms with E-state index in [4.69, 9.17) is 9.47 Å². The van der Waals surface area contributed by atoms with Crippen LogP contribution in [0.15, 0.2) is 48.6 Å². The average Bonchev–Trinajstić information content (AvgIpc) is 2.98. The lowest BCUT2D eigenvalue weighted by Gasteiger charge is -2.07. The van der Waals surface area contributed by atoms with Crippen LogP contribution >= 0.6 is 0 Å². The second kappa shape index (κ2) is 6.05. The van der Waals surface area contributed by atoms with Gasteiger partial charge in [0.15, 0.2) is 5.78 Å². The van der Waals surface area contributed by atoms with Gasteiger partial charge in [-0.1, -0.05) is 24.3 Å². The number of carbonyl (C=O) groups excluding carboxylic acids is 1. The minimum absolute atomic E-state index is 0.0582. The Kier molecular flexibility index (Phi) is 4.18. The molecule has 0 amide bonds. The average molecular weight is 256 g/mol. The smallest absolute Gasteiger partial charge is 0.166 e. The maximum atomic E-state index is 11.9. The van der Waals surface area contributed by atoms with Crippen LogP contribution in [0.5, 0.6) is 11.5 Å². The Bertz CT molecular complexity index is 541. The molecule has 0 heterocycles. The van der Waals surface area contributed by atoms with Gasteiger partial charge in [0.1, 0.15) is 11.5 Å². The van der Waals surface area contributed by atoms with E-state index in [9.17, 15) is 4.79 Å². The third kappa shape index (κ3) is 3.13. The fourth-order valence-electron chi connectivity index (χ4n) is 1.86. The number of ketones is 1. The van der Waals surface area contributed by atoms with E-state index in [-0.39, 0.29) is 11.7 Å². The van der Waals surface area contributed by atoms with Crippen molar-refractivity contribution in [3.05, 3.63) is 54.1 Å². The summed E-state index contributed by atoms with van der Waals surface area (Å²) in [6, 6.07) is 5.49. The lowest BCUT2D eigenvalue weighted by Crippen LogP contribution is -2.03. The van der Waals surface area contributed by atoms with E-state index in [0.29, 0.717) is 5.75 Å². The van der Waals surface area contributed by atoms with E-state index in [2.05, 4.69) is 0 Å². The lowest BCUT2D eigenvalue weighted by atomic mass is 10.0. The number of ether oxygens (including phenoxy) is 2. The third-order valence-corrected chi connectivity index (χ3v) is 2.94. The highest BCUT2D eigenvalue weighted by molar-refractivity contribution is 5.98. The van der Waals surface area contributed by atoms with Crippen molar-refractivity contribution in [1.82, 2.24) is 0 Å². The van der Waals surface area contributed by atoms with Gasteiger partial charge in [-0.3, -0.25) is 4.79 Å². The summed E-state index contributed by atoms with van der Waals surface area (Å²) in [5, 5.41) is 0. The molecule has 0 unspecified atom stereocenters. The van der Waals surface area contributed by atoms with Crippen LogP contribution in [0.4, 0.5) is 0 Å². The molecule has 3 heteroatoms. The molecular weight excluding hydrogens is 240 g/mol. The SMILES string of the molecule is COc1ccc(/C=C/C(=O)C2C=CC=C2)c(OC)c1. The molecule has 0 aliphatic heterocycles. The topological polar surface area (TPSA) is 35.5 Å². The van der Waals surface area contributed by atoms with Crippen molar-refractivity contribution >= 4 is 11.9 Å². The van der Waals surface area contributed by atoms with Crippen molar-refractivity contribution in [2.75, 3.05) is 14.2 Å². The largest absolute Gasteiger partial charge is 0.497 e. The third-order valence-electron chi connectivity index (χ3n) is 2.94. The Hall–Kier alpha value is -2.29. The Labute approximate surface area is 112 Å². The first kappa shape index (κ1) is 13.1. The van der Waals surface area contributed by atoms with Gasteiger partial charge in [-0.2, -0.15) is 0 Å².